The summed E-state index contributed by atoms with van der Waals surface area (Å²) in [5.74, 6) is 1.77. The van der Waals surface area contributed by atoms with Crippen molar-refractivity contribution in [2.24, 2.45) is 0 Å². The summed E-state index contributed by atoms with van der Waals surface area (Å²) in [6, 6.07) is 7.59. The highest BCUT2D eigenvalue weighted by Gasteiger charge is 2.23. The maximum atomic E-state index is 5.63. The second kappa shape index (κ2) is 6.67. The second-order valence-corrected chi connectivity index (χ2v) is 6.26. The smallest absolute Gasteiger partial charge is 0.161 e. The predicted molar refractivity (Wildman–Crippen MR) is 84.3 cm³/mol. The molecular formula is C17H26N2O2. The Labute approximate surface area is 127 Å². The number of likely N-dealkylation sites (tertiary alicyclic amines) is 1. The summed E-state index contributed by atoms with van der Waals surface area (Å²) in [5, 5.41) is 3.68. The van der Waals surface area contributed by atoms with Gasteiger partial charge in [0.15, 0.2) is 11.5 Å². The van der Waals surface area contributed by atoms with Crippen LogP contribution in [0.2, 0.25) is 0 Å². The number of nitrogens with zero attached hydrogens (tertiary/aromatic N) is 1. The Hall–Kier alpha value is -1.26. The number of hydrogen-bond donors (Lipinski definition) is 1. The molecule has 2 aliphatic heterocycles. The molecular weight excluding hydrogens is 264 g/mol. The number of nitrogens with one attached hydrogen (secondary N) is 1. The number of benzene rings is 1. The van der Waals surface area contributed by atoms with Crippen LogP contribution in [0.5, 0.6) is 11.5 Å². The van der Waals surface area contributed by atoms with Gasteiger partial charge >= 0.3 is 0 Å². The van der Waals surface area contributed by atoms with E-state index in [2.05, 4.69) is 36.2 Å². The van der Waals surface area contributed by atoms with Crippen molar-refractivity contribution in [1.29, 1.82) is 0 Å². The van der Waals surface area contributed by atoms with Gasteiger partial charge < -0.3 is 14.8 Å². The largest absolute Gasteiger partial charge is 0.486 e. The summed E-state index contributed by atoms with van der Waals surface area (Å²) in [5.41, 5.74) is 1.31. The Balaban J connectivity index is 1.45. The van der Waals surface area contributed by atoms with E-state index in [0.717, 1.165) is 24.5 Å². The first-order valence-corrected chi connectivity index (χ1v) is 8.08. The Morgan fingerprint density at radius 3 is 2.81 bits per heavy atom. The number of hydrogen-bond acceptors (Lipinski definition) is 4. The lowest BCUT2D eigenvalue weighted by molar-refractivity contribution is 0.171. The standard InChI is InChI=1S/C17H26N2O2/c1-13(2)19-8-6-15(12-19)18-7-5-14-3-4-16-17(11-14)21-10-9-20-16/h3-4,11,13,15,18H,5-10,12H2,1-2H3. The highest BCUT2D eigenvalue weighted by atomic mass is 16.6. The summed E-state index contributed by atoms with van der Waals surface area (Å²) >= 11 is 0. The van der Waals surface area contributed by atoms with Crippen LogP contribution in [0.4, 0.5) is 0 Å². The summed E-state index contributed by atoms with van der Waals surface area (Å²) in [7, 11) is 0. The van der Waals surface area contributed by atoms with Gasteiger partial charge in [0.1, 0.15) is 13.2 Å². The molecule has 21 heavy (non-hydrogen) atoms. The molecule has 1 saturated heterocycles. The molecule has 1 aromatic carbocycles. The van der Waals surface area contributed by atoms with Gasteiger partial charge in [0.05, 0.1) is 0 Å². The molecule has 0 saturated carbocycles. The Morgan fingerprint density at radius 2 is 2.05 bits per heavy atom. The van der Waals surface area contributed by atoms with Crippen LogP contribution < -0.4 is 14.8 Å². The minimum absolute atomic E-state index is 0.643. The summed E-state index contributed by atoms with van der Waals surface area (Å²) in [6.45, 7) is 9.29. The van der Waals surface area contributed by atoms with Gasteiger partial charge in [0, 0.05) is 18.6 Å². The predicted octanol–water partition coefficient (Wildman–Crippen LogP) is 2.07. The van der Waals surface area contributed by atoms with Crippen molar-refractivity contribution in [2.45, 2.75) is 38.8 Å². The fourth-order valence-electron chi connectivity index (χ4n) is 3.09. The van der Waals surface area contributed by atoms with E-state index in [1.54, 1.807) is 0 Å². The van der Waals surface area contributed by atoms with E-state index >= 15 is 0 Å². The van der Waals surface area contributed by atoms with Gasteiger partial charge in [-0.3, -0.25) is 4.90 Å². The van der Waals surface area contributed by atoms with E-state index in [-0.39, 0.29) is 0 Å². The molecule has 1 fully saturated rings. The van der Waals surface area contributed by atoms with Gasteiger partial charge in [0.2, 0.25) is 0 Å². The molecule has 0 amide bonds. The van der Waals surface area contributed by atoms with Gasteiger partial charge in [0.25, 0.3) is 0 Å². The number of ether oxygens (including phenoxy) is 2. The van der Waals surface area contributed by atoms with E-state index in [1.807, 2.05) is 6.07 Å². The normalized spacial score (nSPS) is 22.0. The van der Waals surface area contributed by atoms with Crippen molar-refractivity contribution in [3.8, 4) is 11.5 Å². The van der Waals surface area contributed by atoms with Crippen LogP contribution in [-0.2, 0) is 6.42 Å². The quantitative estimate of drug-likeness (QED) is 0.900. The van der Waals surface area contributed by atoms with Gasteiger partial charge in [-0.25, -0.2) is 0 Å². The second-order valence-electron chi connectivity index (χ2n) is 6.26. The molecule has 3 rings (SSSR count). The monoisotopic (exact) mass is 290 g/mol. The molecule has 116 valence electrons. The Bertz CT molecular complexity index is 476. The van der Waals surface area contributed by atoms with Crippen LogP contribution in [0.1, 0.15) is 25.8 Å². The average Bonchev–Trinajstić information content (AvgIpc) is 2.96. The zero-order valence-corrected chi connectivity index (χ0v) is 13.1. The maximum absolute atomic E-state index is 5.63. The van der Waals surface area contributed by atoms with Crippen molar-refractivity contribution < 1.29 is 9.47 Å². The van der Waals surface area contributed by atoms with Crippen LogP contribution in [-0.4, -0.2) is 49.8 Å². The van der Waals surface area contributed by atoms with E-state index < -0.39 is 0 Å². The highest BCUT2D eigenvalue weighted by Crippen LogP contribution is 2.30. The van der Waals surface area contributed by atoms with Crippen molar-refractivity contribution in [1.82, 2.24) is 10.2 Å². The summed E-state index contributed by atoms with van der Waals surface area (Å²) < 4.78 is 11.2. The van der Waals surface area contributed by atoms with Gasteiger partial charge in [-0.05, 0) is 57.5 Å². The molecule has 4 nitrogen and oxygen atoms in total. The zero-order chi connectivity index (χ0) is 14.7. The maximum Gasteiger partial charge on any atom is 0.161 e. The topological polar surface area (TPSA) is 33.7 Å². The molecule has 0 aromatic heterocycles. The van der Waals surface area contributed by atoms with E-state index in [0.29, 0.717) is 25.3 Å². The molecule has 2 aliphatic rings. The first-order valence-electron chi connectivity index (χ1n) is 8.08. The fourth-order valence-corrected chi connectivity index (χ4v) is 3.09. The molecule has 0 spiro atoms. The van der Waals surface area contributed by atoms with Crippen molar-refractivity contribution in [3.05, 3.63) is 23.8 Å². The number of rotatable bonds is 5. The van der Waals surface area contributed by atoms with E-state index in [1.165, 1.54) is 25.1 Å². The first kappa shape index (κ1) is 14.7. The molecule has 0 radical (unpaired) electrons. The fraction of sp³-hybridized carbons (Fsp3) is 0.647. The van der Waals surface area contributed by atoms with Gasteiger partial charge in [-0.2, -0.15) is 0 Å². The summed E-state index contributed by atoms with van der Waals surface area (Å²) in [6.07, 6.45) is 2.30. The molecule has 0 aliphatic carbocycles. The summed E-state index contributed by atoms with van der Waals surface area (Å²) in [4.78, 5) is 2.54. The molecule has 1 unspecified atom stereocenters. The molecule has 4 heteroatoms. The van der Waals surface area contributed by atoms with Crippen LogP contribution >= 0.6 is 0 Å². The molecule has 1 N–H and O–H groups in total. The van der Waals surface area contributed by atoms with Crippen LogP contribution in [0.25, 0.3) is 0 Å². The van der Waals surface area contributed by atoms with Crippen molar-refractivity contribution in [3.63, 3.8) is 0 Å². The SMILES string of the molecule is CC(C)N1CCC(NCCc2ccc3c(c2)OCCO3)C1. The third-order valence-corrected chi connectivity index (χ3v) is 4.40. The lowest BCUT2D eigenvalue weighted by atomic mass is 10.1. The molecule has 1 atom stereocenters. The Morgan fingerprint density at radius 1 is 1.24 bits per heavy atom. The minimum Gasteiger partial charge on any atom is -0.486 e. The lowest BCUT2D eigenvalue weighted by Crippen LogP contribution is -2.36. The lowest BCUT2D eigenvalue weighted by Gasteiger charge is -2.21. The van der Waals surface area contributed by atoms with E-state index in [4.69, 9.17) is 9.47 Å². The van der Waals surface area contributed by atoms with E-state index in [9.17, 15) is 0 Å². The van der Waals surface area contributed by atoms with Crippen molar-refractivity contribution in [2.75, 3.05) is 32.8 Å². The van der Waals surface area contributed by atoms with Crippen LogP contribution in [0, 0.1) is 0 Å². The highest BCUT2D eigenvalue weighted by molar-refractivity contribution is 5.43. The van der Waals surface area contributed by atoms with Crippen molar-refractivity contribution >= 4 is 0 Å². The minimum atomic E-state index is 0.643. The van der Waals surface area contributed by atoms with Gasteiger partial charge in [-0.15, -0.1) is 0 Å². The first-order chi connectivity index (χ1) is 10.2. The molecule has 2 heterocycles. The zero-order valence-electron chi connectivity index (χ0n) is 13.1. The third kappa shape index (κ3) is 3.69. The number of fused-ring (bicyclic) bond motifs is 1. The average molecular weight is 290 g/mol. The van der Waals surface area contributed by atoms with Crippen LogP contribution in [0.3, 0.4) is 0 Å². The Kier molecular flexibility index (Phi) is 4.66. The van der Waals surface area contributed by atoms with Crippen LogP contribution in [0.15, 0.2) is 18.2 Å². The third-order valence-electron chi connectivity index (χ3n) is 4.40. The molecule has 0 bridgehead atoms. The molecule has 1 aromatic rings. The van der Waals surface area contributed by atoms with Gasteiger partial charge in [-0.1, -0.05) is 6.07 Å².